The standard InChI is InChI=1S/C8H16O3S/c1-7(11-12(2,9)10)8-5-3-4-6-8/h7-8H,3-6H2,1-2H3. The van der Waals surface area contributed by atoms with E-state index in [1.807, 2.05) is 6.92 Å². The van der Waals surface area contributed by atoms with Gasteiger partial charge in [-0.3, -0.25) is 4.18 Å². The average Bonchev–Trinajstić information content (AvgIpc) is 2.32. The van der Waals surface area contributed by atoms with Crippen LogP contribution >= 0.6 is 0 Å². The first-order chi connectivity index (χ1) is 5.49. The first-order valence-electron chi connectivity index (χ1n) is 4.37. The molecule has 0 bridgehead atoms. The van der Waals surface area contributed by atoms with Crippen molar-refractivity contribution in [2.75, 3.05) is 6.26 Å². The lowest BCUT2D eigenvalue weighted by atomic mass is 10.0. The monoisotopic (exact) mass is 192 g/mol. The summed E-state index contributed by atoms with van der Waals surface area (Å²) in [6.45, 7) is 1.84. The van der Waals surface area contributed by atoms with Crippen LogP contribution in [0.15, 0.2) is 0 Å². The quantitative estimate of drug-likeness (QED) is 0.637. The molecule has 0 aliphatic heterocycles. The van der Waals surface area contributed by atoms with E-state index < -0.39 is 10.1 Å². The molecular weight excluding hydrogens is 176 g/mol. The van der Waals surface area contributed by atoms with Crippen LogP contribution in [-0.4, -0.2) is 20.8 Å². The zero-order chi connectivity index (χ0) is 9.19. The summed E-state index contributed by atoms with van der Waals surface area (Å²) in [5.41, 5.74) is 0. The molecule has 1 aliphatic carbocycles. The first-order valence-corrected chi connectivity index (χ1v) is 6.19. The van der Waals surface area contributed by atoms with Gasteiger partial charge in [-0.2, -0.15) is 8.42 Å². The molecule has 3 nitrogen and oxygen atoms in total. The molecule has 1 saturated carbocycles. The van der Waals surface area contributed by atoms with E-state index in [1.54, 1.807) is 0 Å². The van der Waals surface area contributed by atoms with Crippen molar-refractivity contribution in [1.82, 2.24) is 0 Å². The molecule has 72 valence electrons. The van der Waals surface area contributed by atoms with Gasteiger partial charge < -0.3 is 0 Å². The second-order valence-electron chi connectivity index (χ2n) is 3.55. The topological polar surface area (TPSA) is 43.4 Å². The molecule has 0 heterocycles. The van der Waals surface area contributed by atoms with Crippen LogP contribution < -0.4 is 0 Å². The second-order valence-corrected chi connectivity index (χ2v) is 5.15. The Hall–Kier alpha value is -0.0900. The van der Waals surface area contributed by atoms with Crippen LogP contribution in [0.5, 0.6) is 0 Å². The summed E-state index contributed by atoms with van der Waals surface area (Å²) in [5.74, 6) is 0.444. The third-order valence-electron chi connectivity index (χ3n) is 2.39. The summed E-state index contributed by atoms with van der Waals surface area (Å²) in [7, 11) is -3.26. The minimum atomic E-state index is -3.26. The van der Waals surface area contributed by atoms with Crippen molar-refractivity contribution in [3.63, 3.8) is 0 Å². The van der Waals surface area contributed by atoms with E-state index >= 15 is 0 Å². The molecule has 0 amide bonds. The normalized spacial score (nSPS) is 22.8. The Morgan fingerprint density at radius 1 is 1.33 bits per heavy atom. The van der Waals surface area contributed by atoms with Gasteiger partial charge in [-0.05, 0) is 25.7 Å². The second kappa shape index (κ2) is 3.75. The Balaban J connectivity index is 2.42. The summed E-state index contributed by atoms with van der Waals surface area (Å²) >= 11 is 0. The number of hydrogen-bond acceptors (Lipinski definition) is 3. The third-order valence-corrected chi connectivity index (χ3v) is 3.04. The molecule has 0 aromatic heterocycles. The minimum absolute atomic E-state index is 0.137. The lowest BCUT2D eigenvalue weighted by molar-refractivity contribution is 0.163. The zero-order valence-corrected chi connectivity index (χ0v) is 8.43. The Labute approximate surface area is 74.2 Å². The van der Waals surface area contributed by atoms with Crippen LogP contribution in [0.3, 0.4) is 0 Å². The molecule has 4 heteroatoms. The van der Waals surface area contributed by atoms with Crippen LogP contribution in [0.25, 0.3) is 0 Å². The van der Waals surface area contributed by atoms with Gasteiger partial charge in [-0.25, -0.2) is 0 Å². The maximum atomic E-state index is 10.8. The molecule has 0 saturated heterocycles. The third kappa shape index (κ3) is 3.11. The molecule has 1 atom stereocenters. The predicted octanol–water partition coefficient (Wildman–Crippen LogP) is 1.54. The van der Waals surface area contributed by atoms with Gasteiger partial charge in [0.2, 0.25) is 0 Å². The van der Waals surface area contributed by atoms with Crippen LogP contribution in [0, 0.1) is 5.92 Å². The number of rotatable bonds is 3. The minimum Gasteiger partial charge on any atom is -0.267 e. The van der Waals surface area contributed by atoms with Crippen LogP contribution in [0.4, 0.5) is 0 Å². The summed E-state index contributed by atoms with van der Waals surface area (Å²) in [6, 6.07) is 0. The van der Waals surface area contributed by atoms with E-state index in [-0.39, 0.29) is 6.10 Å². The average molecular weight is 192 g/mol. The molecule has 1 aliphatic rings. The lowest BCUT2D eigenvalue weighted by Crippen LogP contribution is -2.21. The van der Waals surface area contributed by atoms with Crippen molar-refractivity contribution in [3.05, 3.63) is 0 Å². The molecule has 0 aromatic rings. The van der Waals surface area contributed by atoms with Gasteiger partial charge in [0.25, 0.3) is 10.1 Å². The molecule has 0 N–H and O–H groups in total. The van der Waals surface area contributed by atoms with Gasteiger partial charge in [0.15, 0.2) is 0 Å². The van der Waals surface area contributed by atoms with E-state index in [1.165, 1.54) is 12.8 Å². The summed E-state index contributed by atoms with van der Waals surface area (Å²) in [4.78, 5) is 0. The highest BCUT2D eigenvalue weighted by atomic mass is 32.2. The SMILES string of the molecule is CC(OS(C)(=O)=O)C1CCCC1. The van der Waals surface area contributed by atoms with Gasteiger partial charge in [0.1, 0.15) is 0 Å². The van der Waals surface area contributed by atoms with Crippen molar-refractivity contribution in [1.29, 1.82) is 0 Å². The smallest absolute Gasteiger partial charge is 0.264 e. The van der Waals surface area contributed by atoms with Gasteiger partial charge in [-0.1, -0.05) is 12.8 Å². The highest BCUT2D eigenvalue weighted by molar-refractivity contribution is 7.86. The molecule has 1 rings (SSSR count). The first kappa shape index (κ1) is 9.99. The van der Waals surface area contributed by atoms with Crippen molar-refractivity contribution >= 4 is 10.1 Å². The predicted molar refractivity (Wildman–Crippen MR) is 47.3 cm³/mol. The van der Waals surface area contributed by atoms with Crippen LogP contribution in [-0.2, 0) is 14.3 Å². The fraction of sp³-hybridized carbons (Fsp3) is 1.00. The Kier molecular flexibility index (Phi) is 3.12. The summed E-state index contributed by atoms with van der Waals surface area (Å²) in [5, 5.41) is 0. The molecule has 1 fully saturated rings. The van der Waals surface area contributed by atoms with Crippen LogP contribution in [0.2, 0.25) is 0 Å². The molecule has 12 heavy (non-hydrogen) atoms. The van der Waals surface area contributed by atoms with Crippen LogP contribution in [0.1, 0.15) is 32.6 Å². The van der Waals surface area contributed by atoms with Gasteiger partial charge in [0, 0.05) is 0 Å². The molecule has 0 aromatic carbocycles. The van der Waals surface area contributed by atoms with E-state index in [9.17, 15) is 8.42 Å². The van der Waals surface area contributed by atoms with Crippen molar-refractivity contribution in [2.24, 2.45) is 5.92 Å². The maximum absolute atomic E-state index is 10.8. The fourth-order valence-electron chi connectivity index (χ4n) is 1.78. The molecule has 0 spiro atoms. The Bertz CT molecular complexity index is 227. The highest BCUT2D eigenvalue weighted by Crippen LogP contribution is 2.29. The van der Waals surface area contributed by atoms with Gasteiger partial charge in [0.05, 0.1) is 12.4 Å². The molecular formula is C8H16O3S. The molecule has 1 unspecified atom stereocenters. The van der Waals surface area contributed by atoms with Crippen molar-refractivity contribution in [3.8, 4) is 0 Å². The van der Waals surface area contributed by atoms with Crippen molar-refractivity contribution < 1.29 is 12.6 Å². The fourth-order valence-corrected chi connectivity index (χ4v) is 2.49. The largest absolute Gasteiger partial charge is 0.267 e. The van der Waals surface area contributed by atoms with E-state index in [0.717, 1.165) is 19.1 Å². The van der Waals surface area contributed by atoms with Gasteiger partial charge in [-0.15, -0.1) is 0 Å². The Morgan fingerprint density at radius 2 is 1.83 bits per heavy atom. The highest BCUT2D eigenvalue weighted by Gasteiger charge is 2.24. The van der Waals surface area contributed by atoms with E-state index in [2.05, 4.69) is 0 Å². The zero-order valence-electron chi connectivity index (χ0n) is 7.62. The Morgan fingerprint density at radius 3 is 2.25 bits per heavy atom. The molecule has 0 radical (unpaired) electrons. The van der Waals surface area contributed by atoms with Crippen molar-refractivity contribution in [2.45, 2.75) is 38.7 Å². The van der Waals surface area contributed by atoms with Gasteiger partial charge >= 0.3 is 0 Å². The summed E-state index contributed by atoms with van der Waals surface area (Å²) < 4.78 is 26.4. The van der Waals surface area contributed by atoms with E-state index in [4.69, 9.17) is 4.18 Å². The lowest BCUT2D eigenvalue weighted by Gasteiger charge is -2.17. The summed E-state index contributed by atoms with van der Waals surface area (Å²) in [6.07, 6.45) is 5.61. The number of hydrogen-bond donors (Lipinski definition) is 0. The van der Waals surface area contributed by atoms with E-state index in [0.29, 0.717) is 5.92 Å². The maximum Gasteiger partial charge on any atom is 0.264 e.